The van der Waals surface area contributed by atoms with Crippen LogP contribution in [-0.2, 0) is 9.53 Å². The maximum absolute atomic E-state index is 13.1. The molecule has 0 aliphatic carbocycles. The minimum absolute atomic E-state index is 0.344. The van der Waals surface area contributed by atoms with E-state index >= 15 is 0 Å². The maximum Gasteiger partial charge on any atom is 0.412 e. The number of hydrogen-bond acceptors (Lipinski definition) is 6. The van der Waals surface area contributed by atoms with Crippen LogP contribution < -0.4 is 15.5 Å². The van der Waals surface area contributed by atoms with Crippen molar-refractivity contribution in [2.24, 2.45) is 5.92 Å². The molecule has 178 valence electrons. The zero-order chi connectivity index (χ0) is 24.5. The summed E-state index contributed by atoms with van der Waals surface area (Å²) in [6.07, 6.45) is 3.63. The Morgan fingerprint density at radius 2 is 1.80 bits per heavy atom. The zero-order valence-electron chi connectivity index (χ0n) is 19.3. The van der Waals surface area contributed by atoms with Crippen molar-refractivity contribution in [3.8, 4) is 6.07 Å². The minimum Gasteiger partial charge on any atom is -0.431 e. The summed E-state index contributed by atoms with van der Waals surface area (Å²) in [6, 6.07) is 21.4. The lowest BCUT2D eigenvalue weighted by molar-refractivity contribution is -0.129. The lowest BCUT2D eigenvalue weighted by atomic mass is 9.96. The Hall–Kier alpha value is -4.38. The Labute approximate surface area is 204 Å². The molecule has 1 saturated heterocycles. The van der Waals surface area contributed by atoms with Crippen LogP contribution in [0.2, 0.25) is 0 Å². The van der Waals surface area contributed by atoms with Gasteiger partial charge in [0.2, 0.25) is 6.10 Å². The molecule has 1 aliphatic rings. The first-order chi connectivity index (χ1) is 17.1. The topological polar surface area (TPSA) is 107 Å². The van der Waals surface area contributed by atoms with Crippen molar-refractivity contribution in [2.45, 2.75) is 18.9 Å². The SMILES string of the molecule is N#Cc1cccc(NC(=O)OC(C(=O)NCC2CCN(c3ccncc3)CC2)c2ccccc2)c1. The van der Waals surface area contributed by atoms with Gasteiger partial charge < -0.3 is 15.0 Å². The number of rotatable bonds is 7. The van der Waals surface area contributed by atoms with E-state index in [4.69, 9.17) is 10.00 Å². The third kappa shape index (κ3) is 6.58. The van der Waals surface area contributed by atoms with E-state index in [1.807, 2.05) is 24.3 Å². The second-order valence-electron chi connectivity index (χ2n) is 8.39. The molecule has 1 aromatic heterocycles. The molecule has 2 heterocycles. The van der Waals surface area contributed by atoms with Gasteiger partial charge in [-0.3, -0.25) is 15.1 Å². The number of carbonyl (C=O) groups is 2. The average Bonchev–Trinajstić information content (AvgIpc) is 2.92. The first kappa shape index (κ1) is 23.8. The molecule has 2 aromatic carbocycles. The smallest absolute Gasteiger partial charge is 0.412 e. The van der Waals surface area contributed by atoms with Crippen molar-refractivity contribution in [2.75, 3.05) is 29.9 Å². The molecular weight excluding hydrogens is 442 g/mol. The Morgan fingerprint density at radius 1 is 1.06 bits per heavy atom. The molecule has 1 atom stereocenters. The van der Waals surface area contributed by atoms with Gasteiger partial charge in [0, 0.05) is 49.0 Å². The van der Waals surface area contributed by atoms with Crippen molar-refractivity contribution in [1.29, 1.82) is 5.26 Å². The summed E-state index contributed by atoms with van der Waals surface area (Å²) < 4.78 is 5.53. The quantitative estimate of drug-likeness (QED) is 0.535. The van der Waals surface area contributed by atoms with Gasteiger partial charge in [-0.05, 0) is 49.1 Å². The van der Waals surface area contributed by atoms with E-state index < -0.39 is 12.2 Å². The summed E-state index contributed by atoms with van der Waals surface area (Å²) in [5, 5.41) is 14.6. The van der Waals surface area contributed by atoms with Crippen molar-refractivity contribution in [3.05, 3.63) is 90.3 Å². The number of ether oxygens (including phenoxy) is 1. The predicted octanol–water partition coefficient (Wildman–Crippen LogP) is 4.28. The molecule has 2 amide bonds. The van der Waals surface area contributed by atoms with Gasteiger partial charge in [-0.15, -0.1) is 0 Å². The minimum atomic E-state index is -1.09. The number of aromatic nitrogens is 1. The summed E-state index contributed by atoms with van der Waals surface area (Å²) in [5.41, 5.74) is 2.57. The Bertz CT molecular complexity index is 1170. The molecule has 3 aromatic rings. The summed E-state index contributed by atoms with van der Waals surface area (Å²) in [6.45, 7) is 2.34. The molecule has 0 saturated carbocycles. The van der Waals surface area contributed by atoms with Crippen molar-refractivity contribution >= 4 is 23.4 Å². The van der Waals surface area contributed by atoms with E-state index in [-0.39, 0.29) is 5.91 Å². The van der Waals surface area contributed by atoms with E-state index in [1.54, 1.807) is 54.9 Å². The largest absolute Gasteiger partial charge is 0.431 e. The highest BCUT2D eigenvalue weighted by molar-refractivity contribution is 5.89. The molecule has 8 nitrogen and oxygen atoms in total. The fourth-order valence-electron chi connectivity index (χ4n) is 4.11. The molecule has 1 aliphatic heterocycles. The van der Waals surface area contributed by atoms with Crippen LogP contribution >= 0.6 is 0 Å². The molecule has 8 heteroatoms. The monoisotopic (exact) mass is 469 g/mol. The number of benzene rings is 2. The zero-order valence-corrected chi connectivity index (χ0v) is 19.3. The van der Waals surface area contributed by atoms with Crippen LogP contribution in [0.25, 0.3) is 0 Å². The number of carbonyl (C=O) groups excluding carboxylic acids is 2. The van der Waals surface area contributed by atoms with Crippen LogP contribution in [0.5, 0.6) is 0 Å². The third-order valence-corrected chi connectivity index (χ3v) is 6.01. The Balaban J connectivity index is 1.34. The van der Waals surface area contributed by atoms with Crippen molar-refractivity contribution < 1.29 is 14.3 Å². The third-order valence-electron chi connectivity index (χ3n) is 6.01. The molecule has 0 radical (unpaired) electrons. The number of piperidine rings is 1. The molecule has 1 fully saturated rings. The van der Waals surface area contributed by atoms with Gasteiger partial charge in [0.1, 0.15) is 0 Å². The van der Waals surface area contributed by atoms with Gasteiger partial charge >= 0.3 is 6.09 Å². The maximum atomic E-state index is 13.1. The van der Waals surface area contributed by atoms with E-state index in [0.717, 1.165) is 31.6 Å². The average molecular weight is 470 g/mol. The molecule has 1 unspecified atom stereocenters. The van der Waals surface area contributed by atoms with Crippen LogP contribution in [0, 0.1) is 17.2 Å². The lowest BCUT2D eigenvalue weighted by Gasteiger charge is -2.33. The van der Waals surface area contributed by atoms with Gasteiger partial charge in [-0.1, -0.05) is 36.4 Å². The molecule has 2 N–H and O–H groups in total. The number of pyridine rings is 1. The molecule has 0 bridgehead atoms. The predicted molar refractivity (Wildman–Crippen MR) is 133 cm³/mol. The van der Waals surface area contributed by atoms with Crippen LogP contribution in [0.1, 0.15) is 30.1 Å². The first-order valence-corrected chi connectivity index (χ1v) is 11.6. The van der Waals surface area contributed by atoms with Gasteiger partial charge in [0.15, 0.2) is 0 Å². The van der Waals surface area contributed by atoms with E-state index in [2.05, 4.69) is 20.5 Å². The number of amides is 2. The van der Waals surface area contributed by atoms with E-state index in [9.17, 15) is 9.59 Å². The highest BCUT2D eigenvalue weighted by atomic mass is 16.6. The van der Waals surface area contributed by atoms with Crippen molar-refractivity contribution in [1.82, 2.24) is 10.3 Å². The molecule has 35 heavy (non-hydrogen) atoms. The van der Waals surface area contributed by atoms with E-state index in [0.29, 0.717) is 29.3 Å². The van der Waals surface area contributed by atoms with Crippen LogP contribution in [-0.4, -0.2) is 36.6 Å². The second kappa shape index (κ2) is 11.7. The van der Waals surface area contributed by atoms with Gasteiger partial charge in [-0.2, -0.15) is 5.26 Å². The highest BCUT2D eigenvalue weighted by Crippen LogP contribution is 2.23. The number of anilines is 2. The normalized spacial score (nSPS) is 14.4. The molecule has 0 spiro atoms. The molecular formula is C27H27N5O3. The summed E-state index contributed by atoms with van der Waals surface area (Å²) in [7, 11) is 0. The number of nitrogens with zero attached hydrogens (tertiary/aromatic N) is 3. The van der Waals surface area contributed by atoms with Crippen LogP contribution in [0.3, 0.4) is 0 Å². The molecule has 4 rings (SSSR count). The second-order valence-corrected chi connectivity index (χ2v) is 8.39. The number of hydrogen-bond donors (Lipinski definition) is 2. The summed E-state index contributed by atoms with van der Waals surface area (Å²) in [5.74, 6) is -0.0234. The Kier molecular flexibility index (Phi) is 7.92. The number of nitriles is 1. The van der Waals surface area contributed by atoms with Crippen LogP contribution in [0.15, 0.2) is 79.1 Å². The van der Waals surface area contributed by atoms with Crippen molar-refractivity contribution in [3.63, 3.8) is 0 Å². The van der Waals surface area contributed by atoms with Crippen LogP contribution in [0.4, 0.5) is 16.2 Å². The van der Waals surface area contributed by atoms with E-state index in [1.165, 1.54) is 6.07 Å². The first-order valence-electron chi connectivity index (χ1n) is 11.6. The standard InChI is InChI=1S/C27H27N5O3/c28-18-21-5-4-8-23(17-21)31-27(34)35-25(22-6-2-1-3-7-22)26(33)30-19-20-11-15-32(16-12-20)24-9-13-29-14-10-24/h1-10,13-14,17,20,25H,11-12,15-16,19H2,(H,30,33)(H,31,34). The number of nitrogens with one attached hydrogen (secondary N) is 2. The van der Waals surface area contributed by atoms with Gasteiger partial charge in [0.05, 0.1) is 11.6 Å². The fourth-order valence-corrected chi connectivity index (χ4v) is 4.11. The fraction of sp³-hybridized carbons (Fsp3) is 0.259. The lowest BCUT2D eigenvalue weighted by Crippen LogP contribution is -2.40. The summed E-state index contributed by atoms with van der Waals surface area (Å²) in [4.78, 5) is 32.0. The van der Waals surface area contributed by atoms with Gasteiger partial charge in [-0.25, -0.2) is 4.79 Å². The summed E-state index contributed by atoms with van der Waals surface area (Å²) >= 11 is 0. The Morgan fingerprint density at radius 3 is 2.51 bits per heavy atom. The highest BCUT2D eigenvalue weighted by Gasteiger charge is 2.27. The van der Waals surface area contributed by atoms with Gasteiger partial charge in [0.25, 0.3) is 5.91 Å².